The molecule has 110 valence electrons. The second-order valence-electron chi connectivity index (χ2n) is 5.18. The molecule has 0 radical (unpaired) electrons. The number of aliphatic hydroxyl groups excluding tert-OH is 1. The Morgan fingerprint density at radius 3 is 2.27 bits per heavy atom. The van der Waals surface area contributed by atoms with Gasteiger partial charge in [-0.05, 0) is 34.5 Å². The lowest BCUT2D eigenvalue weighted by atomic mass is 10.0. The van der Waals surface area contributed by atoms with Gasteiger partial charge in [0.15, 0.2) is 0 Å². The molecule has 3 rings (SSSR count). The first-order valence-electron chi connectivity index (χ1n) is 7.29. The van der Waals surface area contributed by atoms with E-state index in [4.69, 9.17) is 0 Å². The second kappa shape index (κ2) is 6.82. The van der Waals surface area contributed by atoms with Crippen LogP contribution in [0, 0.1) is 0 Å². The predicted molar refractivity (Wildman–Crippen MR) is 95.2 cm³/mol. The normalized spacial score (nSPS) is 13.7. The summed E-state index contributed by atoms with van der Waals surface area (Å²) in [7, 11) is 0. The van der Waals surface area contributed by atoms with Crippen molar-refractivity contribution in [1.29, 1.82) is 0 Å². The predicted octanol–water partition coefficient (Wildman–Crippen LogP) is 5.22. The van der Waals surface area contributed by atoms with Gasteiger partial charge in [0.25, 0.3) is 0 Å². The Bertz CT molecular complexity index is 767. The molecule has 0 spiro atoms. The fourth-order valence-electron chi connectivity index (χ4n) is 2.48. The van der Waals surface area contributed by atoms with Crippen molar-refractivity contribution in [2.45, 2.75) is 16.2 Å². The summed E-state index contributed by atoms with van der Waals surface area (Å²) in [5.41, 5.74) is 0.923. The zero-order valence-corrected chi connectivity index (χ0v) is 13.0. The molecule has 0 amide bonds. The number of thioether (sulfide) groups is 1. The molecular weight excluding hydrogens is 288 g/mol. The van der Waals surface area contributed by atoms with E-state index < -0.39 is 6.10 Å². The van der Waals surface area contributed by atoms with Crippen molar-refractivity contribution in [2.75, 3.05) is 0 Å². The lowest BCUT2D eigenvalue weighted by Gasteiger charge is -2.20. The minimum Gasteiger partial charge on any atom is -0.387 e. The Labute approximate surface area is 135 Å². The first-order valence-corrected chi connectivity index (χ1v) is 8.17. The van der Waals surface area contributed by atoms with Crippen LogP contribution in [0.3, 0.4) is 0 Å². The lowest BCUT2D eigenvalue weighted by molar-refractivity contribution is 0.187. The van der Waals surface area contributed by atoms with E-state index in [0.717, 1.165) is 15.8 Å². The van der Waals surface area contributed by atoms with Gasteiger partial charge in [0.05, 0.1) is 11.4 Å². The van der Waals surface area contributed by atoms with Gasteiger partial charge in [-0.15, -0.1) is 18.3 Å². The molecule has 0 unspecified atom stereocenters. The van der Waals surface area contributed by atoms with Crippen LogP contribution < -0.4 is 0 Å². The molecule has 1 N–H and O–H groups in total. The highest BCUT2D eigenvalue weighted by Gasteiger charge is 2.19. The first kappa shape index (κ1) is 14.9. The minimum absolute atomic E-state index is 0.0800. The second-order valence-corrected chi connectivity index (χ2v) is 6.43. The number of fused-ring (bicyclic) bond motifs is 1. The number of hydrogen-bond acceptors (Lipinski definition) is 2. The van der Waals surface area contributed by atoms with Crippen LogP contribution in [0.5, 0.6) is 0 Å². The van der Waals surface area contributed by atoms with Gasteiger partial charge in [0.1, 0.15) is 0 Å². The zero-order valence-electron chi connectivity index (χ0n) is 12.2. The van der Waals surface area contributed by atoms with Gasteiger partial charge in [-0.1, -0.05) is 60.7 Å². The Morgan fingerprint density at radius 1 is 0.864 bits per heavy atom. The summed E-state index contributed by atoms with van der Waals surface area (Å²) in [5.74, 6) is 0. The first-order chi connectivity index (χ1) is 10.8. The van der Waals surface area contributed by atoms with E-state index in [1.165, 1.54) is 5.39 Å². The quantitative estimate of drug-likeness (QED) is 0.515. The number of rotatable bonds is 5. The largest absolute Gasteiger partial charge is 0.387 e. The van der Waals surface area contributed by atoms with E-state index in [1.807, 2.05) is 54.6 Å². The molecule has 0 aromatic heterocycles. The van der Waals surface area contributed by atoms with E-state index >= 15 is 0 Å². The SMILES string of the molecule is C=C[C@H](Sc1ccccc1)[C@H](O)c1ccc2ccccc2c1. The zero-order chi connectivity index (χ0) is 15.4. The van der Waals surface area contributed by atoms with Gasteiger partial charge < -0.3 is 5.11 Å². The Kier molecular flexibility index (Phi) is 4.62. The molecular formula is C20H18OS. The summed E-state index contributed by atoms with van der Waals surface area (Å²) in [4.78, 5) is 1.13. The van der Waals surface area contributed by atoms with E-state index in [9.17, 15) is 5.11 Å². The van der Waals surface area contributed by atoms with Gasteiger partial charge in [0, 0.05) is 4.90 Å². The molecule has 3 aromatic carbocycles. The molecule has 2 heteroatoms. The third-order valence-electron chi connectivity index (χ3n) is 3.67. The topological polar surface area (TPSA) is 20.2 Å². The standard InChI is InChI=1S/C20H18OS/c1-2-19(22-18-10-4-3-5-11-18)20(21)17-13-12-15-8-6-7-9-16(15)14-17/h2-14,19-21H,1H2/t19-,20+/m0/s1. The van der Waals surface area contributed by atoms with Crippen molar-refractivity contribution >= 4 is 22.5 Å². The van der Waals surface area contributed by atoms with Crippen LogP contribution in [0.1, 0.15) is 11.7 Å². The van der Waals surface area contributed by atoms with Crippen molar-refractivity contribution < 1.29 is 5.11 Å². The highest BCUT2D eigenvalue weighted by Crippen LogP contribution is 2.33. The fraction of sp³-hybridized carbons (Fsp3) is 0.100. The molecule has 2 atom stereocenters. The summed E-state index contributed by atoms with van der Waals surface area (Å²) < 4.78 is 0. The van der Waals surface area contributed by atoms with E-state index in [-0.39, 0.29) is 5.25 Å². The Balaban J connectivity index is 1.86. The van der Waals surface area contributed by atoms with Crippen molar-refractivity contribution in [3.63, 3.8) is 0 Å². The Hall–Kier alpha value is -2.03. The molecule has 0 fully saturated rings. The Morgan fingerprint density at radius 2 is 1.55 bits per heavy atom. The maximum absolute atomic E-state index is 10.7. The molecule has 0 aliphatic carbocycles. The monoisotopic (exact) mass is 306 g/mol. The third kappa shape index (κ3) is 3.24. The molecule has 0 heterocycles. The maximum Gasteiger partial charge on any atom is 0.0947 e. The summed E-state index contributed by atoms with van der Waals surface area (Å²) >= 11 is 1.63. The number of benzene rings is 3. The summed E-state index contributed by atoms with van der Waals surface area (Å²) in [5, 5.41) is 13.0. The van der Waals surface area contributed by atoms with E-state index in [1.54, 1.807) is 11.8 Å². The van der Waals surface area contributed by atoms with Gasteiger partial charge in [-0.3, -0.25) is 0 Å². The summed E-state index contributed by atoms with van der Waals surface area (Å²) in [6, 6.07) is 24.4. The van der Waals surface area contributed by atoms with Crippen LogP contribution >= 0.6 is 11.8 Å². The maximum atomic E-state index is 10.7. The van der Waals surface area contributed by atoms with Crippen molar-refractivity contribution in [1.82, 2.24) is 0 Å². The molecule has 0 saturated carbocycles. The van der Waals surface area contributed by atoms with Crippen LogP contribution in [0.25, 0.3) is 10.8 Å². The van der Waals surface area contributed by atoms with Gasteiger partial charge in [-0.25, -0.2) is 0 Å². The van der Waals surface area contributed by atoms with Crippen LogP contribution in [-0.2, 0) is 0 Å². The average molecular weight is 306 g/mol. The highest BCUT2D eigenvalue weighted by molar-refractivity contribution is 8.00. The lowest BCUT2D eigenvalue weighted by Crippen LogP contribution is -2.12. The highest BCUT2D eigenvalue weighted by atomic mass is 32.2. The van der Waals surface area contributed by atoms with Crippen LogP contribution in [-0.4, -0.2) is 10.4 Å². The number of aliphatic hydroxyl groups is 1. The average Bonchev–Trinajstić information content (AvgIpc) is 2.59. The van der Waals surface area contributed by atoms with Crippen LogP contribution in [0.2, 0.25) is 0 Å². The molecule has 3 aromatic rings. The third-order valence-corrected chi connectivity index (χ3v) is 4.94. The number of hydrogen-bond donors (Lipinski definition) is 1. The molecule has 22 heavy (non-hydrogen) atoms. The van der Waals surface area contributed by atoms with Crippen molar-refractivity contribution in [2.24, 2.45) is 0 Å². The molecule has 1 nitrogen and oxygen atoms in total. The molecule has 0 aliphatic heterocycles. The van der Waals surface area contributed by atoms with Crippen LogP contribution in [0.4, 0.5) is 0 Å². The summed E-state index contributed by atoms with van der Waals surface area (Å²) in [6.45, 7) is 3.89. The van der Waals surface area contributed by atoms with Crippen LogP contribution in [0.15, 0.2) is 90.3 Å². The smallest absolute Gasteiger partial charge is 0.0947 e. The van der Waals surface area contributed by atoms with Gasteiger partial charge >= 0.3 is 0 Å². The van der Waals surface area contributed by atoms with Gasteiger partial charge in [-0.2, -0.15) is 0 Å². The molecule has 0 aliphatic rings. The van der Waals surface area contributed by atoms with E-state index in [2.05, 4.69) is 30.8 Å². The minimum atomic E-state index is -0.577. The van der Waals surface area contributed by atoms with E-state index in [0.29, 0.717) is 0 Å². The van der Waals surface area contributed by atoms with Crippen molar-refractivity contribution in [3.05, 3.63) is 91.0 Å². The molecule has 0 bridgehead atoms. The molecule has 0 saturated heterocycles. The fourth-order valence-corrected chi connectivity index (χ4v) is 3.49. The summed E-state index contributed by atoms with van der Waals surface area (Å²) in [6.07, 6.45) is 1.24. The van der Waals surface area contributed by atoms with Gasteiger partial charge in [0.2, 0.25) is 0 Å². The van der Waals surface area contributed by atoms with Crippen molar-refractivity contribution in [3.8, 4) is 0 Å².